The highest BCUT2D eigenvalue weighted by Gasteiger charge is 2.21. The summed E-state index contributed by atoms with van der Waals surface area (Å²) in [4.78, 5) is 102. The van der Waals surface area contributed by atoms with Crippen LogP contribution in [0.2, 0.25) is 0 Å². The van der Waals surface area contributed by atoms with Gasteiger partial charge in [0.15, 0.2) is 33.9 Å². The number of H-pyrrole nitrogens is 4. The average Bonchev–Trinajstić information content (AvgIpc) is 3.06. The van der Waals surface area contributed by atoms with Crippen LogP contribution >= 0.6 is 0 Å². The Kier molecular flexibility index (Phi) is 5.39. The van der Waals surface area contributed by atoms with Gasteiger partial charge in [-0.2, -0.15) is 5.16 Å². The second-order valence-electron chi connectivity index (χ2n) is 10.00. The van der Waals surface area contributed by atoms with Crippen molar-refractivity contribution in [3.8, 4) is 23.0 Å². The molecule has 0 amide bonds. The van der Waals surface area contributed by atoms with Crippen molar-refractivity contribution in [3.05, 3.63) is 109 Å². The molecule has 0 radical (unpaired) electrons. The summed E-state index contributed by atoms with van der Waals surface area (Å²) >= 11 is 0. The Morgan fingerprint density at radius 3 is 1.38 bits per heavy atom. The highest BCUT2D eigenvalue weighted by atomic mass is 16.5. The van der Waals surface area contributed by atoms with Crippen LogP contribution in [0.4, 0.5) is 0 Å². The van der Waals surface area contributed by atoms with Gasteiger partial charge in [-0.1, -0.05) is 12.1 Å². The molecular weight excluding hydrogens is 596 g/mol. The molecule has 0 saturated heterocycles. The maximum Gasteiger partial charge on any atom is 0.367 e. The number of nitrogens with one attached hydrogen (secondary N) is 4. The first kappa shape index (κ1) is 26.9. The third-order valence-electron chi connectivity index (χ3n) is 7.53. The van der Waals surface area contributed by atoms with Gasteiger partial charge >= 0.3 is 5.63 Å². The Bertz CT molecular complexity index is 3030. The fraction of sp³-hybridized carbons (Fsp3) is 0. The first-order valence-electron chi connectivity index (χ1n) is 12.7. The third kappa shape index (κ3) is 3.62. The summed E-state index contributed by atoms with van der Waals surface area (Å²) in [7, 11) is 0. The number of phenolic OH excluding ortho intramolecular Hbond substituents is 4. The topological polar surface area (TPSA) is 277 Å². The normalized spacial score (nSPS) is 11.6. The Balaban J connectivity index is 2.10. The molecule has 0 fully saturated rings. The predicted molar refractivity (Wildman–Crippen MR) is 161 cm³/mol. The van der Waals surface area contributed by atoms with Crippen LogP contribution in [0.25, 0.3) is 65.0 Å². The van der Waals surface area contributed by atoms with Crippen LogP contribution in [0.1, 0.15) is 0 Å². The molecule has 0 aliphatic heterocycles. The molecule has 8 N–H and O–H groups in total. The fourth-order valence-electron chi connectivity index (χ4n) is 5.49. The van der Waals surface area contributed by atoms with Crippen molar-refractivity contribution in [2.75, 3.05) is 0 Å². The molecule has 8 aromatic rings. The molecule has 0 aliphatic rings. The van der Waals surface area contributed by atoms with E-state index in [4.69, 9.17) is 4.52 Å². The van der Waals surface area contributed by atoms with Crippen LogP contribution in [-0.2, 0) is 0 Å². The summed E-state index contributed by atoms with van der Waals surface area (Å²) in [5.74, 6) is -4.23. The Morgan fingerprint density at radius 2 is 0.889 bits per heavy atom. The van der Waals surface area contributed by atoms with E-state index in [0.717, 1.165) is 36.4 Å². The minimum absolute atomic E-state index is 0.178. The monoisotopic (exact) mass is 610 g/mol. The SMILES string of the molecule is O=c1[nH]c2c3c(=O)ccc4cc1c(O)c(O)c4c(=O)[nH]c3c1c(=O)ccc3cc4c(O)c(O)c3c(=O)[nH]c1c2c(=O)o[nH]c4=O. The van der Waals surface area contributed by atoms with E-state index in [-0.39, 0.29) is 10.8 Å². The lowest BCUT2D eigenvalue weighted by atomic mass is 10.1. The summed E-state index contributed by atoms with van der Waals surface area (Å²) in [5.41, 5.74) is -10.7. The number of hydrogen-bond acceptors (Lipinski definition) is 12. The van der Waals surface area contributed by atoms with Crippen molar-refractivity contribution < 1.29 is 24.9 Å². The van der Waals surface area contributed by atoms with Crippen molar-refractivity contribution in [1.82, 2.24) is 20.1 Å². The molecular formula is C29H14N4O12. The van der Waals surface area contributed by atoms with Crippen LogP contribution in [0, 0.1) is 0 Å². The molecule has 5 aromatic heterocycles. The van der Waals surface area contributed by atoms with Crippen molar-refractivity contribution in [3.63, 3.8) is 0 Å². The quantitative estimate of drug-likeness (QED) is 0.108. The Morgan fingerprint density at radius 1 is 0.467 bits per heavy atom. The van der Waals surface area contributed by atoms with Gasteiger partial charge in [0.05, 0.1) is 48.9 Å². The molecule has 3 aromatic carbocycles. The van der Waals surface area contributed by atoms with Gasteiger partial charge in [-0.15, -0.1) is 0 Å². The average molecular weight is 610 g/mol. The largest absolute Gasteiger partial charge is 0.504 e. The molecule has 222 valence electrons. The van der Waals surface area contributed by atoms with E-state index in [2.05, 4.69) is 15.0 Å². The van der Waals surface area contributed by atoms with Crippen molar-refractivity contribution in [2.24, 2.45) is 0 Å². The van der Waals surface area contributed by atoms with E-state index < -0.39 is 116 Å². The number of phenols is 4. The molecule has 0 saturated carbocycles. The zero-order valence-electron chi connectivity index (χ0n) is 22.0. The smallest absolute Gasteiger partial charge is 0.367 e. The van der Waals surface area contributed by atoms with E-state index in [0.29, 0.717) is 0 Å². The molecule has 0 unspecified atom stereocenters. The van der Waals surface area contributed by atoms with Gasteiger partial charge < -0.3 is 39.9 Å². The summed E-state index contributed by atoms with van der Waals surface area (Å²) in [6, 6.07) is 5.72. The van der Waals surface area contributed by atoms with Gasteiger partial charge in [-0.05, 0) is 35.0 Å². The zero-order chi connectivity index (χ0) is 32.1. The number of fused-ring (bicyclic) bond motifs is 8. The van der Waals surface area contributed by atoms with Crippen LogP contribution in [-0.4, -0.2) is 40.5 Å². The molecule has 16 nitrogen and oxygen atoms in total. The van der Waals surface area contributed by atoms with E-state index in [1.165, 1.54) is 0 Å². The van der Waals surface area contributed by atoms with Gasteiger partial charge in [0.2, 0.25) is 0 Å². The lowest BCUT2D eigenvalue weighted by Crippen LogP contribution is -2.15. The number of rotatable bonds is 0. The highest BCUT2D eigenvalue weighted by Crippen LogP contribution is 2.36. The van der Waals surface area contributed by atoms with Gasteiger partial charge in [0.25, 0.3) is 22.2 Å². The van der Waals surface area contributed by atoms with Crippen LogP contribution in [0.3, 0.4) is 0 Å². The lowest BCUT2D eigenvalue weighted by Gasteiger charge is -2.04. The predicted octanol–water partition coefficient (Wildman–Crippen LogP) is 0.417. The maximum atomic E-state index is 13.9. The third-order valence-corrected chi connectivity index (χ3v) is 7.53. The van der Waals surface area contributed by atoms with Gasteiger partial charge in [-0.3, -0.25) is 28.8 Å². The molecule has 0 aliphatic carbocycles. The van der Waals surface area contributed by atoms with Crippen molar-refractivity contribution in [1.29, 1.82) is 0 Å². The summed E-state index contributed by atoms with van der Waals surface area (Å²) < 4.78 is 4.92. The van der Waals surface area contributed by atoms with Crippen molar-refractivity contribution >= 4 is 65.0 Å². The molecule has 5 heterocycles. The lowest BCUT2D eigenvalue weighted by molar-refractivity contribution is 0.371. The number of aromatic nitrogens is 4. The van der Waals surface area contributed by atoms with Crippen LogP contribution in [0.5, 0.6) is 23.0 Å². The highest BCUT2D eigenvalue weighted by molar-refractivity contribution is 6.21. The van der Waals surface area contributed by atoms with E-state index in [1.54, 1.807) is 5.16 Å². The Labute approximate surface area is 242 Å². The zero-order valence-corrected chi connectivity index (χ0v) is 22.0. The fourth-order valence-corrected chi connectivity index (χ4v) is 5.49. The molecule has 8 rings (SSSR count). The number of benzene rings is 3. The Hall–Kier alpha value is -6.97. The minimum Gasteiger partial charge on any atom is -0.504 e. The standard InChI is InChI=1S/C29H14N4O12/c34-11-3-1-7-5-9-21(36)23(38)13(7)27(42)31-18-15(11)19(30-25(9)40)17-20-16(18)12(35)4-2-8-6-10(26(41)33-45-29(17)44)22(37)24(39)14(8)28(43)32-20/h1-6,36-39H,(H,30,40)(H,31,42)(H,32,43)(H,33,41). The molecule has 7 bridgehead atoms. The minimum atomic E-state index is -1.56. The molecule has 0 spiro atoms. The second-order valence-corrected chi connectivity index (χ2v) is 10.00. The molecule has 45 heavy (non-hydrogen) atoms. The summed E-state index contributed by atoms with van der Waals surface area (Å²) in [6.45, 7) is 0. The number of hydrogen-bond donors (Lipinski definition) is 8. The molecule has 16 heteroatoms. The molecule has 0 atom stereocenters. The van der Waals surface area contributed by atoms with Crippen molar-refractivity contribution in [2.45, 2.75) is 0 Å². The van der Waals surface area contributed by atoms with E-state index >= 15 is 0 Å². The van der Waals surface area contributed by atoms with Crippen LogP contribution in [0.15, 0.2) is 74.5 Å². The first-order valence-corrected chi connectivity index (χ1v) is 12.7. The van der Waals surface area contributed by atoms with Gasteiger partial charge in [0, 0.05) is 0 Å². The summed E-state index contributed by atoms with van der Waals surface area (Å²) in [5, 5.41) is 39.2. The number of aromatic hydroxyl groups is 4. The van der Waals surface area contributed by atoms with E-state index in [9.17, 15) is 54.0 Å². The second kappa shape index (κ2) is 9.01. The van der Waals surface area contributed by atoms with E-state index in [1.807, 2.05) is 0 Å². The maximum absolute atomic E-state index is 13.9. The number of aromatic amines is 4. The van der Waals surface area contributed by atoms with Gasteiger partial charge in [-0.25, -0.2) is 4.79 Å². The van der Waals surface area contributed by atoms with Crippen LogP contribution < -0.4 is 38.7 Å². The summed E-state index contributed by atoms with van der Waals surface area (Å²) in [6.07, 6.45) is 0. The first-order chi connectivity index (χ1) is 21.4. The van der Waals surface area contributed by atoms with Gasteiger partial charge in [0.1, 0.15) is 5.39 Å².